The number of benzene rings is 2. The van der Waals surface area contributed by atoms with Crippen molar-refractivity contribution in [3.63, 3.8) is 0 Å². The molecule has 0 amide bonds. The lowest BCUT2D eigenvalue weighted by atomic mass is 9.83. The highest BCUT2D eigenvalue weighted by molar-refractivity contribution is 7.57. The van der Waals surface area contributed by atoms with Crippen LogP contribution in [0.5, 0.6) is 0 Å². The van der Waals surface area contributed by atoms with Crippen LogP contribution in [0.4, 0.5) is 0 Å². The zero-order chi connectivity index (χ0) is 27.1. The molecule has 0 aliphatic heterocycles. The van der Waals surface area contributed by atoms with E-state index in [4.69, 9.17) is 9.26 Å². The largest absolute Gasteiger partial charge is 0.481 e. The van der Waals surface area contributed by atoms with E-state index in [1.54, 1.807) is 39.0 Å². The minimum absolute atomic E-state index is 0.248. The van der Waals surface area contributed by atoms with Gasteiger partial charge in [-0.25, -0.2) is 0 Å². The predicted octanol–water partition coefficient (Wildman–Crippen LogP) is 7.18. The van der Waals surface area contributed by atoms with Gasteiger partial charge in [-0.1, -0.05) is 60.7 Å². The van der Waals surface area contributed by atoms with Gasteiger partial charge in [-0.2, -0.15) is 0 Å². The number of allylic oxidation sites excluding steroid dienone is 1. The van der Waals surface area contributed by atoms with Crippen molar-refractivity contribution in [3.8, 4) is 0 Å². The van der Waals surface area contributed by atoms with Gasteiger partial charge in [0.05, 0.1) is 30.3 Å². The molecule has 196 valence electrons. The number of ether oxygens (including phenoxy) is 1. The van der Waals surface area contributed by atoms with E-state index in [9.17, 15) is 19.3 Å². The molecule has 2 aromatic rings. The Morgan fingerprint density at radius 3 is 1.89 bits per heavy atom. The first-order valence-electron chi connectivity index (χ1n) is 12.1. The molecule has 36 heavy (non-hydrogen) atoms. The van der Waals surface area contributed by atoms with E-state index in [1.165, 1.54) is 0 Å². The SMILES string of the molecule is C=C[C@H](c1ccc(CP(=O)(Cc2ccccc2)OC(C)(C)C)cc1)[C@H](CC(=O)OC(C)(C)C)C(=O)O. The molecule has 0 spiro atoms. The van der Waals surface area contributed by atoms with Gasteiger partial charge in [0.25, 0.3) is 0 Å². The first kappa shape index (κ1) is 29.5. The minimum atomic E-state index is -3.08. The van der Waals surface area contributed by atoms with E-state index < -0.39 is 42.3 Å². The Morgan fingerprint density at radius 2 is 1.44 bits per heavy atom. The number of hydrogen-bond donors (Lipinski definition) is 1. The molecule has 2 aromatic carbocycles. The fourth-order valence-corrected chi connectivity index (χ4v) is 6.84. The lowest BCUT2D eigenvalue weighted by Crippen LogP contribution is -2.29. The van der Waals surface area contributed by atoms with Gasteiger partial charge in [0, 0.05) is 5.92 Å². The number of esters is 1. The van der Waals surface area contributed by atoms with Crippen LogP contribution in [-0.2, 0) is 35.7 Å². The van der Waals surface area contributed by atoms with Gasteiger partial charge in [-0.15, -0.1) is 6.58 Å². The van der Waals surface area contributed by atoms with Crippen molar-refractivity contribution in [2.45, 2.75) is 77.4 Å². The first-order chi connectivity index (χ1) is 16.6. The quantitative estimate of drug-likeness (QED) is 0.194. The summed E-state index contributed by atoms with van der Waals surface area (Å²) in [5.41, 5.74) is 1.20. The molecule has 0 aliphatic rings. The van der Waals surface area contributed by atoms with E-state index in [0.717, 1.165) is 11.1 Å². The van der Waals surface area contributed by atoms with Gasteiger partial charge < -0.3 is 14.4 Å². The van der Waals surface area contributed by atoms with Crippen LogP contribution in [0.3, 0.4) is 0 Å². The highest BCUT2D eigenvalue weighted by Gasteiger charge is 2.33. The summed E-state index contributed by atoms with van der Waals surface area (Å²) in [6, 6.07) is 16.9. The standard InChI is InChI=1S/C29H39O6P/c1-8-24(25(27(31)32)18-26(30)34-28(2,3)4)23-16-14-22(15-17-23)20-36(33,35-29(5,6)7)19-21-12-10-9-11-13-21/h8-17,24-25H,1,18-20H2,2-7H3,(H,31,32)/t24-,25+,36?/m1/s1. The Balaban J connectivity index is 2.26. The van der Waals surface area contributed by atoms with Crippen LogP contribution in [0.1, 0.15) is 70.6 Å². The van der Waals surface area contributed by atoms with Gasteiger partial charge >= 0.3 is 11.9 Å². The summed E-state index contributed by atoms with van der Waals surface area (Å²) in [7, 11) is -3.08. The molecule has 0 saturated carbocycles. The van der Waals surface area contributed by atoms with E-state index >= 15 is 0 Å². The van der Waals surface area contributed by atoms with E-state index in [1.807, 2.05) is 63.2 Å². The number of rotatable bonds is 11. The van der Waals surface area contributed by atoms with Crippen molar-refractivity contribution in [3.05, 3.63) is 83.9 Å². The van der Waals surface area contributed by atoms with Crippen LogP contribution >= 0.6 is 7.37 Å². The summed E-state index contributed by atoms with van der Waals surface area (Å²) < 4.78 is 25.3. The van der Waals surface area contributed by atoms with Crippen LogP contribution in [0, 0.1) is 5.92 Å². The molecule has 2 rings (SSSR count). The monoisotopic (exact) mass is 514 g/mol. The second-order valence-electron chi connectivity index (χ2n) is 11.1. The van der Waals surface area contributed by atoms with Crippen molar-refractivity contribution < 1.29 is 28.5 Å². The summed E-state index contributed by atoms with van der Waals surface area (Å²) in [5, 5.41) is 9.83. The fraction of sp³-hybridized carbons (Fsp3) is 0.448. The molecule has 6 nitrogen and oxygen atoms in total. The molecular formula is C29H39O6P. The normalized spacial score (nSPS) is 15.4. The van der Waals surface area contributed by atoms with E-state index in [0.29, 0.717) is 11.7 Å². The highest BCUT2D eigenvalue weighted by atomic mass is 31.2. The second-order valence-corrected chi connectivity index (χ2v) is 13.5. The molecule has 0 heterocycles. The molecule has 0 fully saturated rings. The number of carboxylic acid groups (broad SMARTS) is 1. The fourth-order valence-electron chi connectivity index (χ4n) is 4.07. The number of hydrogen-bond acceptors (Lipinski definition) is 5. The van der Waals surface area contributed by atoms with Crippen molar-refractivity contribution in [2.24, 2.45) is 5.92 Å². The molecule has 1 unspecified atom stereocenters. The molecule has 0 aromatic heterocycles. The summed E-state index contributed by atoms with van der Waals surface area (Å²) in [4.78, 5) is 24.4. The molecular weight excluding hydrogens is 475 g/mol. The van der Waals surface area contributed by atoms with Crippen molar-refractivity contribution >= 4 is 19.3 Å². The molecule has 7 heteroatoms. The average molecular weight is 515 g/mol. The average Bonchev–Trinajstić information content (AvgIpc) is 2.72. The Labute approximate surface area is 215 Å². The Kier molecular flexibility index (Phi) is 9.87. The maximum absolute atomic E-state index is 13.9. The predicted molar refractivity (Wildman–Crippen MR) is 143 cm³/mol. The Hall–Kier alpha value is -2.69. The summed E-state index contributed by atoms with van der Waals surface area (Å²) >= 11 is 0. The smallest absolute Gasteiger partial charge is 0.308 e. The van der Waals surface area contributed by atoms with Gasteiger partial charge in [0.15, 0.2) is 0 Å². The number of carbonyl (C=O) groups excluding carboxylic acids is 1. The zero-order valence-electron chi connectivity index (χ0n) is 22.2. The Bertz CT molecular complexity index is 1080. The zero-order valence-corrected chi connectivity index (χ0v) is 23.1. The van der Waals surface area contributed by atoms with Crippen LogP contribution in [-0.4, -0.2) is 28.2 Å². The van der Waals surface area contributed by atoms with Crippen molar-refractivity contribution in [1.29, 1.82) is 0 Å². The number of carboxylic acids is 1. The molecule has 3 atom stereocenters. The van der Waals surface area contributed by atoms with Crippen LogP contribution in [0.25, 0.3) is 0 Å². The van der Waals surface area contributed by atoms with Crippen LogP contribution < -0.4 is 0 Å². The first-order valence-corrected chi connectivity index (χ1v) is 14.1. The van der Waals surface area contributed by atoms with Gasteiger partial charge in [0.2, 0.25) is 7.37 Å². The van der Waals surface area contributed by atoms with E-state index in [2.05, 4.69) is 6.58 Å². The summed E-state index contributed by atoms with van der Waals surface area (Å²) in [6.07, 6.45) is 1.84. The lowest BCUT2D eigenvalue weighted by Gasteiger charge is -2.28. The van der Waals surface area contributed by atoms with Crippen LogP contribution in [0.15, 0.2) is 67.3 Å². The molecule has 1 N–H and O–H groups in total. The van der Waals surface area contributed by atoms with Crippen molar-refractivity contribution in [1.82, 2.24) is 0 Å². The van der Waals surface area contributed by atoms with Gasteiger partial charge in [-0.3, -0.25) is 14.2 Å². The molecule has 0 radical (unpaired) electrons. The van der Waals surface area contributed by atoms with Gasteiger partial charge in [0.1, 0.15) is 5.60 Å². The molecule has 0 saturated heterocycles. The second kappa shape index (κ2) is 12.0. The number of carbonyl (C=O) groups is 2. The summed E-state index contributed by atoms with van der Waals surface area (Å²) in [6.45, 7) is 14.7. The van der Waals surface area contributed by atoms with Crippen molar-refractivity contribution in [2.75, 3.05) is 0 Å². The maximum atomic E-state index is 13.9. The third kappa shape index (κ3) is 9.75. The maximum Gasteiger partial charge on any atom is 0.308 e. The highest BCUT2D eigenvalue weighted by Crippen LogP contribution is 2.56. The van der Waals surface area contributed by atoms with Crippen LogP contribution in [0.2, 0.25) is 0 Å². The molecule has 0 bridgehead atoms. The molecule has 0 aliphatic carbocycles. The summed E-state index contributed by atoms with van der Waals surface area (Å²) in [5.74, 6) is -3.28. The minimum Gasteiger partial charge on any atom is -0.481 e. The van der Waals surface area contributed by atoms with E-state index in [-0.39, 0.29) is 12.6 Å². The topological polar surface area (TPSA) is 89.9 Å². The third-order valence-corrected chi connectivity index (χ3v) is 7.88. The number of aliphatic carboxylic acids is 1. The lowest BCUT2D eigenvalue weighted by molar-refractivity contribution is -0.160. The van der Waals surface area contributed by atoms with Gasteiger partial charge in [-0.05, 0) is 58.2 Å². The Morgan fingerprint density at radius 1 is 0.917 bits per heavy atom. The third-order valence-electron chi connectivity index (χ3n) is 5.31.